The smallest absolute Gasteiger partial charge is 0.306 e. The molecule has 1 aromatic rings. The topological polar surface area (TPSA) is 49.3 Å². The molecule has 0 heterocycles. The molecular formula is C15H19BrFNO2. The van der Waals surface area contributed by atoms with Gasteiger partial charge in [0.25, 0.3) is 0 Å². The number of hydrogen-bond acceptors (Lipinski definition) is 2. The minimum absolute atomic E-state index is 0.137. The van der Waals surface area contributed by atoms with Crippen molar-refractivity contribution in [1.29, 1.82) is 0 Å². The molecule has 20 heavy (non-hydrogen) atoms. The number of carboxylic acids is 1. The van der Waals surface area contributed by atoms with Gasteiger partial charge in [-0.2, -0.15) is 0 Å². The van der Waals surface area contributed by atoms with Crippen LogP contribution in [0.2, 0.25) is 0 Å². The van der Waals surface area contributed by atoms with Gasteiger partial charge in [-0.05, 0) is 50.4 Å². The Morgan fingerprint density at radius 2 is 2.30 bits per heavy atom. The van der Waals surface area contributed by atoms with Crippen molar-refractivity contribution in [2.24, 2.45) is 11.8 Å². The predicted molar refractivity (Wildman–Crippen MR) is 79.0 cm³/mol. The Balaban J connectivity index is 1.96. The van der Waals surface area contributed by atoms with E-state index in [0.717, 1.165) is 23.7 Å². The van der Waals surface area contributed by atoms with Crippen LogP contribution < -0.4 is 5.32 Å². The van der Waals surface area contributed by atoms with Crippen LogP contribution >= 0.6 is 15.9 Å². The molecule has 1 aromatic carbocycles. The van der Waals surface area contributed by atoms with Gasteiger partial charge in [0.05, 0.1) is 5.92 Å². The zero-order chi connectivity index (χ0) is 14.7. The zero-order valence-corrected chi connectivity index (χ0v) is 13.0. The summed E-state index contributed by atoms with van der Waals surface area (Å²) in [5.74, 6) is -1.07. The van der Waals surface area contributed by atoms with E-state index in [0.29, 0.717) is 12.1 Å². The standard InChI is InChI=1S/C15H19BrFNO2/c1-9(13-7-11(16)5-6-14(13)17)18-8-10-3-2-4-12(10)15(19)20/h5-7,9-10,12,18H,2-4,8H2,1H3,(H,19,20). The van der Waals surface area contributed by atoms with Crippen molar-refractivity contribution in [1.82, 2.24) is 5.32 Å². The predicted octanol–water partition coefficient (Wildman–Crippen LogP) is 3.74. The number of carboxylic acid groups (broad SMARTS) is 1. The van der Waals surface area contributed by atoms with Crippen molar-refractivity contribution < 1.29 is 14.3 Å². The first-order chi connectivity index (χ1) is 9.49. The summed E-state index contributed by atoms with van der Waals surface area (Å²) in [5.41, 5.74) is 0.601. The van der Waals surface area contributed by atoms with Crippen LogP contribution in [-0.2, 0) is 4.79 Å². The monoisotopic (exact) mass is 343 g/mol. The summed E-state index contributed by atoms with van der Waals surface area (Å²) in [4.78, 5) is 11.1. The third-order valence-electron chi connectivity index (χ3n) is 4.09. The lowest BCUT2D eigenvalue weighted by Gasteiger charge is -2.21. The van der Waals surface area contributed by atoms with Crippen LogP contribution in [0.1, 0.15) is 37.8 Å². The van der Waals surface area contributed by atoms with E-state index in [1.54, 1.807) is 12.1 Å². The molecule has 110 valence electrons. The van der Waals surface area contributed by atoms with Crippen LogP contribution in [0.25, 0.3) is 0 Å². The molecule has 0 saturated heterocycles. The summed E-state index contributed by atoms with van der Waals surface area (Å²) < 4.78 is 14.6. The Kier molecular flexibility index (Phi) is 5.16. The molecule has 0 radical (unpaired) electrons. The molecule has 5 heteroatoms. The van der Waals surface area contributed by atoms with Gasteiger partial charge in [-0.15, -0.1) is 0 Å². The fourth-order valence-corrected chi connectivity index (χ4v) is 3.27. The fraction of sp³-hybridized carbons (Fsp3) is 0.533. The van der Waals surface area contributed by atoms with Crippen LogP contribution in [0.4, 0.5) is 4.39 Å². The van der Waals surface area contributed by atoms with Crippen molar-refractivity contribution >= 4 is 21.9 Å². The summed E-state index contributed by atoms with van der Waals surface area (Å²) in [6, 6.07) is 4.73. The quantitative estimate of drug-likeness (QED) is 0.856. The third kappa shape index (κ3) is 3.58. The highest BCUT2D eigenvalue weighted by atomic mass is 79.9. The van der Waals surface area contributed by atoms with Gasteiger partial charge >= 0.3 is 5.97 Å². The first-order valence-electron chi connectivity index (χ1n) is 6.90. The number of hydrogen-bond donors (Lipinski definition) is 2. The van der Waals surface area contributed by atoms with Gasteiger partial charge in [-0.3, -0.25) is 4.79 Å². The number of halogens is 2. The Hall–Kier alpha value is -0.940. The zero-order valence-electron chi connectivity index (χ0n) is 11.4. The van der Waals surface area contributed by atoms with E-state index in [4.69, 9.17) is 5.11 Å². The molecule has 1 aliphatic rings. The summed E-state index contributed by atoms with van der Waals surface area (Å²) in [6.07, 6.45) is 2.64. The van der Waals surface area contributed by atoms with Crippen LogP contribution in [-0.4, -0.2) is 17.6 Å². The van der Waals surface area contributed by atoms with E-state index < -0.39 is 5.97 Å². The van der Waals surface area contributed by atoms with E-state index in [2.05, 4.69) is 21.2 Å². The SMILES string of the molecule is CC(NCC1CCCC1C(=O)O)c1cc(Br)ccc1F. The summed E-state index contributed by atoms with van der Waals surface area (Å²) in [5, 5.41) is 12.4. The second kappa shape index (κ2) is 6.68. The Labute approximate surface area is 126 Å². The highest BCUT2D eigenvalue weighted by Gasteiger charge is 2.32. The average molecular weight is 344 g/mol. The highest BCUT2D eigenvalue weighted by Crippen LogP contribution is 2.32. The molecule has 0 amide bonds. The number of rotatable bonds is 5. The first kappa shape index (κ1) is 15.4. The molecule has 3 unspecified atom stereocenters. The van der Waals surface area contributed by atoms with Gasteiger partial charge in [-0.1, -0.05) is 22.4 Å². The lowest BCUT2D eigenvalue weighted by Crippen LogP contribution is -2.31. The fourth-order valence-electron chi connectivity index (χ4n) is 2.89. The maximum Gasteiger partial charge on any atom is 0.306 e. The molecule has 2 N–H and O–H groups in total. The first-order valence-corrected chi connectivity index (χ1v) is 7.69. The summed E-state index contributed by atoms with van der Waals surface area (Å²) in [6.45, 7) is 2.51. The summed E-state index contributed by atoms with van der Waals surface area (Å²) in [7, 11) is 0. The largest absolute Gasteiger partial charge is 0.481 e. The number of nitrogens with one attached hydrogen (secondary N) is 1. The van der Waals surface area contributed by atoms with E-state index in [1.807, 2.05) is 6.92 Å². The maximum absolute atomic E-state index is 13.8. The molecule has 3 atom stereocenters. The molecule has 2 rings (SSSR count). The molecule has 0 aliphatic heterocycles. The normalized spacial score (nSPS) is 23.8. The maximum atomic E-state index is 13.8. The van der Waals surface area contributed by atoms with Gasteiger partial charge in [-0.25, -0.2) is 4.39 Å². The second-order valence-corrected chi connectivity index (χ2v) is 6.35. The van der Waals surface area contributed by atoms with Crippen LogP contribution in [0.3, 0.4) is 0 Å². The van der Waals surface area contributed by atoms with Crippen LogP contribution in [0.15, 0.2) is 22.7 Å². The summed E-state index contributed by atoms with van der Waals surface area (Å²) >= 11 is 3.34. The van der Waals surface area contributed by atoms with Crippen LogP contribution in [0.5, 0.6) is 0 Å². The van der Waals surface area contributed by atoms with Gasteiger partial charge in [0.1, 0.15) is 5.82 Å². The third-order valence-corrected chi connectivity index (χ3v) is 4.58. The number of carbonyl (C=O) groups is 1. The molecule has 1 aliphatic carbocycles. The van der Waals surface area contributed by atoms with Gasteiger partial charge in [0.2, 0.25) is 0 Å². The van der Waals surface area contributed by atoms with Crippen LogP contribution in [0, 0.1) is 17.7 Å². The Morgan fingerprint density at radius 3 is 3.00 bits per heavy atom. The minimum Gasteiger partial charge on any atom is -0.481 e. The minimum atomic E-state index is -0.712. The lowest BCUT2D eigenvalue weighted by molar-refractivity contribution is -0.142. The lowest BCUT2D eigenvalue weighted by atomic mass is 9.95. The Morgan fingerprint density at radius 1 is 1.55 bits per heavy atom. The molecule has 3 nitrogen and oxygen atoms in total. The van der Waals surface area contributed by atoms with Crippen molar-refractivity contribution in [2.45, 2.75) is 32.2 Å². The second-order valence-electron chi connectivity index (χ2n) is 5.43. The van der Waals surface area contributed by atoms with E-state index in [-0.39, 0.29) is 23.7 Å². The molecular weight excluding hydrogens is 325 g/mol. The van der Waals surface area contributed by atoms with Crippen molar-refractivity contribution in [3.8, 4) is 0 Å². The molecule has 1 fully saturated rings. The van der Waals surface area contributed by atoms with Crippen molar-refractivity contribution in [3.63, 3.8) is 0 Å². The molecule has 0 spiro atoms. The number of benzene rings is 1. The van der Waals surface area contributed by atoms with E-state index in [1.165, 1.54) is 6.07 Å². The number of aliphatic carboxylic acids is 1. The van der Waals surface area contributed by atoms with Gasteiger partial charge in [0.15, 0.2) is 0 Å². The van der Waals surface area contributed by atoms with E-state index >= 15 is 0 Å². The van der Waals surface area contributed by atoms with Crippen molar-refractivity contribution in [2.75, 3.05) is 6.54 Å². The Bertz CT molecular complexity index is 495. The van der Waals surface area contributed by atoms with Crippen molar-refractivity contribution in [3.05, 3.63) is 34.1 Å². The van der Waals surface area contributed by atoms with Gasteiger partial charge < -0.3 is 10.4 Å². The highest BCUT2D eigenvalue weighted by molar-refractivity contribution is 9.10. The molecule has 0 aromatic heterocycles. The van der Waals surface area contributed by atoms with Gasteiger partial charge in [0, 0.05) is 16.1 Å². The molecule has 1 saturated carbocycles. The molecule has 0 bridgehead atoms. The average Bonchev–Trinajstić information content (AvgIpc) is 2.87. The van der Waals surface area contributed by atoms with E-state index in [9.17, 15) is 9.18 Å².